The Labute approximate surface area is 123 Å². The number of nitro groups is 1. The second-order valence-corrected chi connectivity index (χ2v) is 4.71. The van der Waals surface area contributed by atoms with Crippen molar-refractivity contribution in [2.24, 2.45) is 0 Å². The number of hydrogen-bond acceptors (Lipinski definition) is 8. The van der Waals surface area contributed by atoms with E-state index in [2.05, 4.69) is 5.32 Å². The van der Waals surface area contributed by atoms with Crippen LogP contribution in [-0.4, -0.2) is 62.0 Å². The fourth-order valence-electron chi connectivity index (χ4n) is 2.11. The molecule has 1 saturated heterocycles. The Balaban J connectivity index is 2.25. The Morgan fingerprint density at radius 3 is 2.41 bits per heavy atom. The van der Waals surface area contributed by atoms with Crippen LogP contribution in [0, 0.1) is 10.1 Å². The van der Waals surface area contributed by atoms with E-state index < -0.39 is 41.5 Å². The van der Waals surface area contributed by atoms with E-state index in [1.165, 1.54) is 24.3 Å². The predicted molar refractivity (Wildman–Crippen MR) is 71.0 cm³/mol. The van der Waals surface area contributed by atoms with Crippen LogP contribution in [0.1, 0.15) is 0 Å². The van der Waals surface area contributed by atoms with Gasteiger partial charge in [0.15, 0.2) is 12.3 Å². The summed E-state index contributed by atoms with van der Waals surface area (Å²) in [4.78, 5) is 21.2. The maximum atomic E-state index is 11.0. The number of para-hydroxylation sites is 2. The third kappa shape index (κ3) is 2.99. The fraction of sp³-hybridized carbons (Fsp3) is 0.417. The van der Waals surface area contributed by atoms with Crippen LogP contribution >= 0.6 is 0 Å². The smallest absolute Gasteiger partial charge is 0.335 e. The van der Waals surface area contributed by atoms with Crippen LogP contribution in [0.5, 0.6) is 0 Å². The molecule has 1 heterocycles. The second kappa shape index (κ2) is 6.23. The molecule has 120 valence electrons. The molecule has 22 heavy (non-hydrogen) atoms. The summed E-state index contributed by atoms with van der Waals surface area (Å²) < 4.78 is 4.99. The molecule has 5 atom stereocenters. The van der Waals surface area contributed by atoms with Gasteiger partial charge in [-0.2, -0.15) is 0 Å². The van der Waals surface area contributed by atoms with Crippen molar-refractivity contribution in [3.8, 4) is 0 Å². The number of rotatable bonds is 4. The standard InChI is InChI=1S/C12H14N2O8/c15-7-8(16)10(12(18)19)22-11(9(7)17)13-5-3-1-2-4-6(5)14(20)21/h1-4,7-11,13,15-17H,(H,18,19)/t7-,8-,9+,10-,11+/m0/s1. The SMILES string of the molecule is O=C(O)[C@H]1O[C@@H](Nc2ccccc2[N+](=O)[O-])[C@H](O)[C@@H](O)[C@@H]1O. The van der Waals surface area contributed by atoms with Gasteiger partial charge in [0.2, 0.25) is 0 Å². The number of aliphatic carboxylic acids is 1. The van der Waals surface area contributed by atoms with Gasteiger partial charge in [0.05, 0.1) is 4.92 Å². The van der Waals surface area contributed by atoms with Gasteiger partial charge in [0.25, 0.3) is 5.69 Å². The number of carboxylic acids is 1. The predicted octanol–water partition coefficient (Wildman–Crippen LogP) is -1.10. The quantitative estimate of drug-likeness (QED) is 0.343. The molecule has 1 fully saturated rings. The number of ether oxygens (including phenoxy) is 1. The van der Waals surface area contributed by atoms with E-state index in [1.807, 2.05) is 0 Å². The molecular formula is C12H14N2O8. The first kappa shape index (κ1) is 16.1. The lowest BCUT2D eigenvalue weighted by Crippen LogP contribution is -2.61. The molecule has 1 aliphatic heterocycles. The minimum atomic E-state index is -1.82. The molecule has 2 rings (SSSR count). The maximum absolute atomic E-state index is 11.0. The lowest BCUT2D eigenvalue weighted by atomic mass is 9.98. The van der Waals surface area contributed by atoms with Gasteiger partial charge in [-0.05, 0) is 6.07 Å². The summed E-state index contributed by atoms with van der Waals surface area (Å²) in [5.41, 5.74) is -0.338. The Morgan fingerprint density at radius 2 is 1.82 bits per heavy atom. The number of nitrogens with zero attached hydrogens (tertiary/aromatic N) is 1. The van der Waals surface area contributed by atoms with Gasteiger partial charge in [-0.1, -0.05) is 12.1 Å². The monoisotopic (exact) mass is 314 g/mol. The van der Waals surface area contributed by atoms with Crippen LogP contribution in [0.25, 0.3) is 0 Å². The number of carboxylic acid groups (broad SMARTS) is 1. The van der Waals surface area contributed by atoms with Crippen molar-refractivity contribution < 1.29 is 34.9 Å². The molecule has 0 unspecified atom stereocenters. The maximum Gasteiger partial charge on any atom is 0.335 e. The highest BCUT2D eigenvalue weighted by molar-refractivity contribution is 5.73. The van der Waals surface area contributed by atoms with E-state index in [1.54, 1.807) is 0 Å². The number of carbonyl (C=O) groups is 1. The molecule has 0 bridgehead atoms. The summed E-state index contributed by atoms with van der Waals surface area (Å²) in [6.45, 7) is 0. The molecule has 0 saturated carbocycles. The lowest BCUT2D eigenvalue weighted by Gasteiger charge is -2.39. The Bertz CT molecular complexity index is 580. The van der Waals surface area contributed by atoms with Crippen molar-refractivity contribution in [1.82, 2.24) is 0 Å². The molecule has 5 N–H and O–H groups in total. The number of nitrogens with one attached hydrogen (secondary N) is 1. The Hall–Kier alpha value is -2.27. The van der Waals surface area contributed by atoms with Crippen LogP contribution in [0.4, 0.5) is 11.4 Å². The van der Waals surface area contributed by atoms with Crippen molar-refractivity contribution in [2.45, 2.75) is 30.6 Å². The topological polar surface area (TPSA) is 162 Å². The van der Waals surface area contributed by atoms with E-state index in [-0.39, 0.29) is 11.4 Å². The molecule has 1 aromatic rings. The van der Waals surface area contributed by atoms with Crippen molar-refractivity contribution in [1.29, 1.82) is 0 Å². The van der Waals surface area contributed by atoms with Crippen molar-refractivity contribution in [3.63, 3.8) is 0 Å². The first-order valence-corrected chi connectivity index (χ1v) is 6.25. The third-order valence-corrected chi connectivity index (χ3v) is 3.26. The van der Waals surface area contributed by atoms with Crippen molar-refractivity contribution in [2.75, 3.05) is 5.32 Å². The normalized spacial score (nSPS) is 31.5. The number of anilines is 1. The van der Waals surface area contributed by atoms with Gasteiger partial charge < -0.3 is 30.5 Å². The molecule has 0 spiro atoms. The Morgan fingerprint density at radius 1 is 1.18 bits per heavy atom. The molecule has 0 amide bonds. The number of aliphatic hydroxyl groups is 3. The number of nitro benzene ring substituents is 1. The molecule has 0 radical (unpaired) electrons. The van der Waals surface area contributed by atoms with Crippen molar-refractivity contribution in [3.05, 3.63) is 34.4 Å². The van der Waals surface area contributed by atoms with E-state index >= 15 is 0 Å². The average molecular weight is 314 g/mol. The number of benzene rings is 1. The van der Waals surface area contributed by atoms with E-state index in [4.69, 9.17) is 9.84 Å². The van der Waals surface area contributed by atoms with E-state index in [0.29, 0.717) is 0 Å². The van der Waals surface area contributed by atoms with Gasteiger partial charge in [-0.3, -0.25) is 10.1 Å². The van der Waals surface area contributed by atoms with Gasteiger partial charge in [0.1, 0.15) is 24.0 Å². The lowest BCUT2D eigenvalue weighted by molar-refractivity contribution is -0.384. The number of hydrogen-bond donors (Lipinski definition) is 5. The minimum absolute atomic E-state index is 0.0238. The second-order valence-electron chi connectivity index (χ2n) is 4.71. The van der Waals surface area contributed by atoms with Gasteiger partial charge in [-0.25, -0.2) is 4.79 Å². The summed E-state index contributed by atoms with van der Waals surface area (Å²) in [5, 5.41) is 51.4. The first-order chi connectivity index (χ1) is 10.3. The zero-order chi connectivity index (χ0) is 16.4. The summed E-state index contributed by atoms with van der Waals surface area (Å²) in [6, 6.07) is 5.46. The molecule has 10 nitrogen and oxygen atoms in total. The minimum Gasteiger partial charge on any atom is -0.479 e. The molecule has 1 aliphatic rings. The third-order valence-electron chi connectivity index (χ3n) is 3.26. The summed E-state index contributed by atoms with van der Waals surface area (Å²) in [7, 11) is 0. The first-order valence-electron chi connectivity index (χ1n) is 6.25. The van der Waals surface area contributed by atoms with E-state index in [0.717, 1.165) is 0 Å². The Kier molecular flexibility index (Phi) is 4.56. The highest BCUT2D eigenvalue weighted by Gasteiger charge is 2.47. The van der Waals surface area contributed by atoms with Gasteiger partial charge in [0, 0.05) is 6.07 Å². The molecule has 10 heteroatoms. The number of aliphatic hydroxyl groups excluding tert-OH is 3. The van der Waals surface area contributed by atoms with Gasteiger partial charge >= 0.3 is 5.97 Å². The van der Waals surface area contributed by atoms with Gasteiger partial charge in [-0.15, -0.1) is 0 Å². The largest absolute Gasteiger partial charge is 0.479 e. The van der Waals surface area contributed by atoms with Crippen LogP contribution in [0.15, 0.2) is 24.3 Å². The van der Waals surface area contributed by atoms with Crippen LogP contribution in [0.2, 0.25) is 0 Å². The highest BCUT2D eigenvalue weighted by atomic mass is 16.6. The summed E-state index contributed by atoms with van der Waals surface area (Å²) in [6.07, 6.45) is -8.50. The van der Waals surface area contributed by atoms with Crippen LogP contribution < -0.4 is 5.32 Å². The zero-order valence-electron chi connectivity index (χ0n) is 11.1. The highest BCUT2D eigenvalue weighted by Crippen LogP contribution is 2.28. The molecule has 1 aromatic carbocycles. The average Bonchev–Trinajstić information content (AvgIpc) is 2.47. The summed E-state index contributed by atoms with van der Waals surface area (Å²) in [5.74, 6) is -1.53. The molecule has 0 aliphatic carbocycles. The zero-order valence-corrected chi connectivity index (χ0v) is 11.1. The molecular weight excluding hydrogens is 300 g/mol. The summed E-state index contributed by atoms with van der Waals surface area (Å²) >= 11 is 0. The van der Waals surface area contributed by atoms with Crippen LogP contribution in [-0.2, 0) is 9.53 Å². The fourth-order valence-corrected chi connectivity index (χ4v) is 2.11. The molecule has 0 aromatic heterocycles. The van der Waals surface area contributed by atoms with E-state index in [9.17, 15) is 30.2 Å². The van der Waals surface area contributed by atoms with Crippen molar-refractivity contribution >= 4 is 17.3 Å². The van der Waals surface area contributed by atoms with Crippen LogP contribution in [0.3, 0.4) is 0 Å².